The maximum absolute atomic E-state index is 15.3. The number of aryl methyl sites for hydroxylation is 1. The second-order valence-electron chi connectivity index (χ2n) is 10.9. The highest BCUT2D eigenvalue weighted by atomic mass is 19.1. The Bertz CT molecular complexity index is 1740. The van der Waals surface area contributed by atoms with Gasteiger partial charge in [0, 0.05) is 29.9 Å². The summed E-state index contributed by atoms with van der Waals surface area (Å²) < 4.78 is 15.3. The van der Waals surface area contributed by atoms with Gasteiger partial charge in [-0.1, -0.05) is 72.8 Å². The van der Waals surface area contributed by atoms with E-state index in [9.17, 15) is 14.4 Å². The molecule has 4 aromatic rings. The number of nitrogens with one attached hydrogen (secondary N) is 2. The molecule has 4 amide bonds. The number of carbonyl (C=O) groups excluding carboxylic acids is 3. The molecule has 0 aliphatic carbocycles. The second-order valence-corrected chi connectivity index (χ2v) is 10.9. The van der Waals surface area contributed by atoms with Gasteiger partial charge in [-0.25, -0.2) is 14.2 Å². The van der Waals surface area contributed by atoms with Crippen molar-refractivity contribution in [2.24, 2.45) is 4.99 Å². The van der Waals surface area contributed by atoms with Crippen molar-refractivity contribution in [3.05, 3.63) is 131 Å². The lowest BCUT2D eigenvalue weighted by Gasteiger charge is -2.35. The SMILES string of the molecule is Cc1cccc(NC(=O)NC2N=C(c3ccccc3F)c3ccccc3N(C(C(=O)N3CCCC3)c3ccccc3)C2=O)c1. The molecular formula is C35H32FN5O3. The first-order valence-corrected chi connectivity index (χ1v) is 14.6. The molecule has 2 unspecified atom stereocenters. The highest BCUT2D eigenvalue weighted by molar-refractivity contribution is 6.21. The van der Waals surface area contributed by atoms with Crippen LogP contribution in [0.5, 0.6) is 0 Å². The highest BCUT2D eigenvalue weighted by Gasteiger charge is 2.42. The molecule has 9 heteroatoms. The monoisotopic (exact) mass is 589 g/mol. The van der Waals surface area contributed by atoms with Crippen LogP contribution >= 0.6 is 0 Å². The van der Waals surface area contributed by atoms with E-state index in [-0.39, 0.29) is 17.2 Å². The number of hydrogen-bond donors (Lipinski definition) is 2. The van der Waals surface area contributed by atoms with Crippen molar-refractivity contribution in [2.75, 3.05) is 23.3 Å². The Morgan fingerprint density at radius 3 is 2.27 bits per heavy atom. The number of benzene rings is 4. The fourth-order valence-corrected chi connectivity index (χ4v) is 5.78. The maximum atomic E-state index is 15.3. The summed E-state index contributed by atoms with van der Waals surface area (Å²) in [4.78, 5) is 50.1. The van der Waals surface area contributed by atoms with Gasteiger partial charge in [0.1, 0.15) is 11.9 Å². The van der Waals surface area contributed by atoms with Gasteiger partial charge in [-0.2, -0.15) is 0 Å². The molecule has 0 radical (unpaired) electrons. The third kappa shape index (κ3) is 5.81. The summed E-state index contributed by atoms with van der Waals surface area (Å²) in [6, 6.07) is 27.8. The van der Waals surface area contributed by atoms with Gasteiger partial charge in [0.05, 0.1) is 11.4 Å². The number of anilines is 2. The lowest BCUT2D eigenvalue weighted by molar-refractivity contribution is -0.134. The number of para-hydroxylation sites is 1. The standard InChI is InChI=1S/C35H32FN5O3/c1-23-12-11-15-25(22-23)37-35(44)39-32-34(43)41(31(24-13-3-2-4-14-24)33(42)40-20-9-10-21-40)29-19-8-6-17-27(29)30(38-32)26-16-5-7-18-28(26)36/h2-8,11-19,22,31-32H,9-10,20-21H2,1H3,(H2,37,39,44). The van der Waals surface area contributed by atoms with Crippen LogP contribution in [0.2, 0.25) is 0 Å². The average Bonchev–Trinajstić information content (AvgIpc) is 3.54. The van der Waals surface area contributed by atoms with Gasteiger partial charge in [0.2, 0.25) is 12.1 Å². The van der Waals surface area contributed by atoms with E-state index in [1.165, 1.54) is 11.0 Å². The Balaban J connectivity index is 1.50. The first kappa shape index (κ1) is 28.8. The molecule has 6 rings (SSSR count). The van der Waals surface area contributed by atoms with E-state index < -0.39 is 30.0 Å². The third-order valence-corrected chi connectivity index (χ3v) is 7.85. The van der Waals surface area contributed by atoms with E-state index in [4.69, 9.17) is 4.99 Å². The third-order valence-electron chi connectivity index (χ3n) is 7.85. The Labute approximate surface area is 255 Å². The van der Waals surface area contributed by atoms with Crippen LogP contribution in [0.3, 0.4) is 0 Å². The molecule has 44 heavy (non-hydrogen) atoms. The predicted octanol–water partition coefficient (Wildman–Crippen LogP) is 5.83. The van der Waals surface area contributed by atoms with Crippen LogP contribution in [0.25, 0.3) is 0 Å². The summed E-state index contributed by atoms with van der Waals surface area (Å²) >= 11 is 0. The average molecular weight is 590 g/mol. The minimum Gasteiger partial charge on any atom is -0.341 e. The zero-order valence-electron chi connectivity index (χ0n) is 24.2. The number of nitrogens with zero attached hydrogens (tertiary/aromatic N) is 3. The molecule has 1 saturated heterocycles. The Morgan fingerprint density at radius 1 is 0.864 bits per heavy atom. The van der Waals surface area contributed by atoms with Crippen molar-refractivity contribution in [3.63, 3.8) is 0 Å². The lowest BCUT2D eigenvalue weighted by Crippen LogP contribution is -2.52. The normalized spacial score (nSPS) is 16.9. The van der Waals surface area contributed by atoms with E-state index in [1.54, 1.807) is 59.5 Å². The number of halogens is 1. The van der Waals surface area contributed by atoms with Crippen LogP contribution in [-0.2, 0) is 9.59 Å². The lowest BCUT2D eigenvalue weighted by atomic mass is 9.97. The van der Waals surface area contributed by atoms with Gasteiger partial charge >= 0.3 is 6.03 Å². The quantitative estimate of drug-likeness (QED) is 0.296. The molecular weight excluding hydrogens is 557 g/mol. The van der Waals surface area contributed by atoms with Crippen molar-refractivity contribution in [1.29, 1.82) is 0 Å². The predicted molar refractivity (Wildman–Crippen MR) is 168 cm³/mol. The van der Waals surface area contributed by atoms with Crippen molar-refractivity contribution in [3.8, 4) is 0 Å². The molecule has 0 saturated carbocycles. The van der Waals surface area contributed by atoms with Crippen molar-refractivity contribution in [1.82, 2.24) is 10.2 Å². The number of hydrogen-bond acceptors (Lipinski definition) is 4. The van der Waals surface area contributed by atoms with E-state index >= 15 is 4.39 Å². The minimum atomic E-state index is -1.47. The fourth-order valence-electron chi connectivity index (χ4n) is 5.78. The van der Waals surface area contributed by atoms with Crippen LogP contribution < -0.4 is 15.5 Å². The molecule has 0 spiro atoms. The highest BCUT2D eigenvalue weighted by Crippen LogP contribution is 2.36. The molecule has 2 atom stereocenters. The summed E-state index contributed by atoms with van der Waals surface area (Å²) in [7, 11) is 0. The summed E-state index contributed by atoms with van der Waals surface area (Å²) in [6.45, 7) is 3.08. The van der Waals surface area contributed by atoms with Crippen LogP contribution in [-0.4, -0.2) is 47.7 Å². The first-order chi connectivity index (χ1) is 21.4. The molecule has 8 nitrogen and oxygen atoms in total. The fraction of sp³-hybridized carbons (Fsp3) is 0.200. The Morgan fingerprint density at radius 2 is 1.55 bits per heavy atom. The number of benzodiazepines with no additional fused rings is 1. The van der Waals surface area contributed by atoms with Gasteiger partial charge < -0.3 is 15.5 Å². The van der Waals surface area contributed by atoms with E-state index in [1.807, 2.05) is 49.4 Å². The second kappa shape index (κ2) is 12.5. The summed E-state index contributed by atoms with van der Waals surface area (Å²) in [5.74, 6) is -1.38. The molecule has 0 aromatic heterocycles. The number of urea groups is 1. The maximum Gasteiger partial charge on any atom is 0.321 e. The molecule has 1 fully saturated rings. The van der Waals surface area contributed by atoms with Gasteiger partial charge in [0.25, 0.3) is 5.91 Å². The van der Waals surface area contributed by atoms with Gasteiger partial charge in [-0.05, 0) is 61.2 Å². The number of carbonyl (C=O) groups is 3. The number of amides is 4. The molecule has 2 N–H and O–H groups in total. The number of aliphatic imine (C=N–C) groups is 1. The van der Waals surface area contributed by atoms with Crippen molar-refractivity contribution >= 4 is 34.9 Å². The molecule has 2 heterocycles. The molecule has 0 bridgehead atoms. The molecule has 2 aliphatic heterocycles. The van der Waals surface area contributed by atoms with E-state index in [2.05, 4.69) is 10.6 Å². The van der Waals surface area contributed by atoms with Crippen LogP contribution in [0, 0.1) is 12.7 Å². The zero-order chi connectivity index (χ0) is 30.6. The Hall–Kier alpha value is -5.31. The minimum absolute atomic E-state index is 0.169. The first-order valence-electron chi connectivity index (χ1n) is 14.6. The van der Waals surface area contributed by atoms with Crippen LogP contribution in [0.1, 0.15) is 41.1 Å². The zero-order valence-corrected chi connectivity index (χ0v) is 24.2. The smallest absolute Gasteiger partial charge is 0.321 e. The number of rotatable bonds is 6. The number of likely N-dealkylation sites (tertiary alicyclic amines) is 1. The largest absolute Gasteiger partial charge is 0.341 e. The van der Waals surface area contributed by atoms with Gasteiger partial charge in [-0.15, -0.1) is 0 Å². The molecule has 2 aliphatic rings. The summed E-state index contributed by atoms with van der Waals surface area (Å²) in [5, 5.41) is 5.46. The topological polar surface area (TPSA) is 94.1 Å². The van der Waals surface area contributed by atoms with Gasteiger partial charge in [-0.3, -0.25) is 14.5 Å². The Kier molecular flexibility index (Phi) is 8.18. The van der Waals surface area contributed by atoms with Crippen molar-refractivity contribution < 1.29 is 18.8 Å². The van der Waals surface area contributed by atoms with Crippen LogP contribution in [0.15, 0.2) is 108 Å². The molecule has 4 aromatic carbocycles. The summed E-state index contributed by atoms with van der Waals surface area (Å²) in [6.07, 6.45) is 0.280. The molecule has 222 valence electrons. The van der Waals surface area contributed by atoms with Gasteiger partial charge in [0.15, 0.2) is 0 Å². The van der Waals surface area contributed by atoms with E-state index in [0.29, 0.717) is 35.6 Å². The van der Waals surface area contributed by atoms with Crippen molar-refractivity contribution in [2.45, 2.75) is 32.0 Å². The summed E-state index contributed by atoms with van der Waals surface area (Å²) in [5.41, 5.74) is 3.31. The van der Waals surface area contributed by atoms with Crippen LogP contribution in [0.4, 0.5) is 20.6 Å². The number of fused-ring (bicyclic) bond motifs is 1. The van der Waals surface area contributed by atoms with E-state index in [0.717, 1.165) is 18.4 Å².